The van der Waals surface area contributed by atoms with Crippen LogP contribution in [0.1, 0.15) is 10.5 Å². The van der Waals surface area contributed by atoms with Gasteiger partial charge in [0.05, 0.1) is 12.5 Å². The number of carbonyl (C=O) groups is 2. The van der Waals surface area contributed by atoms with Gasteiger partial charge in [-0.1, -0.05) is 0 Å². The zero-order valence-electron chi connectivity index (χ0n) is 10.5. The van der Waals surface area contributed by atoms with Crippen LogP contribution in [-0.2, 0) is 11.8 Å². The Morgan fingerprint density at radius 1 is 1.56 bits per heavy atom. The van der Waals surface area contributed by atoms with Gasteiger partial charge < -0.3 is 20.1 Å². The van der Waals surface area contributed by atoms with E-state index in [4.69, 9.17) is 0 Å². The summed E-state index contributed by atoms with van der Waals surface area (Å²) in [5.41, 5.74) is 0.491. The molecule has 18 heavy (non-hydrogen) atoms. The van der Waals surface area contributed by atoms with Crippen molar-refractivity contribution in [2.75, 3.05) is 26.7 Å². The number of hydrogen-bond donors (Lipinski definition) is 2. The lowest BCUT2D eigenvalue weighted by molar-refractivity contribution is -0.125. The third-order valence-corrected chi connectivity index (χ3v) is 3.09. The monoisotopic (exact) mass is 251 g/mol. The summed E-state index contributed by atoms with van der Waals surface area (Å²) in [5, 5.41) is 5.70. The van der Waals surface area contributed by atoms with Crippen LogP contribution in [0.15, 0.2) is 12.5 Å². The van der Waals surface area contributed by atoms with Gasteiger partial charge in [-0.15, -0.1) is 0 Å². The zero-order valence-corrected chi connectivity index (χ0v) is 10.5. The molecule has 0 aromatic carbocycles. The van der Waals surface area contributed by atoms with Gasteiger partial charge in [0, 0.05) is 33.7 Å². The van der Waals surface area contributed by atoms with E-state index in [2.05, 4.69) is 15.6 Å². The number of carbonyl (C=O) groups excluding carboxylic acids is 2. The number of aromatic nitrogens is 2. The van der Waals surface area contributed by atoms with Crippen molar-refractivity contribution in [3.63, 3.8) is 0 Å². The maximum absolute atomic E-state index is 12.4. The standard InChI is InChI=1S/C11H17N5O2/c1-12-10(17)8-5-13-3-4-16(8)11(18)9-6-14-7-15(9)2/h6-8,13H,3-5H2,1-2H3,(H,12,17). The van der Waals surface area contributed by atoms with Crippen LogP contribution in [0.25, 0.3) is 0 Å². The van der Waals surface area contributed by atoms with Crippen LogP contribution in [0.3, 0.4) is 0 Å². The first-order valence-corrected chi connectivity index (χ1v) is 5.84. The number of amides is 2. The lowest BCUT2D eigenvalue weighted by atomic mass is 10.1. The van der Waals surface area contributed by atoms with Crippen LogP contribution in [0.2, 0.25) is 0 Å². The lowest BCUT2D eigenvalue weighted by Gasteiger charge is -2.34. The Bertz CT molecular complexity index is 456. The molecule has 1 fully saturated rings. The molecule has 0 radical (unpaired) electrons. The van der Waals surface area contributed by atoms with Crippen molar-refractivity contribution >= 4 is 11.8 Å². The summed E-state index contributed by atoms with van der Waals surface area (Å²) in [4.78, 5) is 29.7. The van der Waals surface area contributed by atoms with Crippen molar-refractivity contribution in [1.29, 1.82) is 0 Å². The first-order valence-electron chi connectivity index (χ1n) is 5.84. The molecule has 1 atom stereocenters. The summed E-state index contributed by atoms with van der Waals surface area (Å²) in [6, 6.07) is -0.467. The predicted octanol–water partition coefficient (Wildman–Crippen LogP) is -1.42. The molecule has 0 aliphatic carbocycles. The molecule has 7 nitrogen and oxygen atoms in total. The number of piperazine rings is 1. The van der Waals surface area contributed by atoms with E-state index < -0.39 is 6.04 Å². The molecule has 7 heteroatoms. The van der Waals surface area contributed by atoms with Gasteiger partial charge in [-0.3, -0.25) is 9.59 Å². The Morgan fingerprint density at radius 3 is 2.94 bits per heavy atom. The minimum atomic E-state index is -0.467. The van der Waals surface area contributed by atoms with Gasteiger partial charge in [0.2, 0.25) is 5.91 Å². The largest absolute Gasteiger partial charge is 0.357 e. The fourth-order valence-electron chi connectivity index (χ4n) is 2.06. The SMILES string of the molecule is CNC(=O)C1CNCCN1C(=O)c1cncn1C. The maximum atomic E-state index is 12.4. The highest BCUT2D eigenvalue weighted by Crippen LogP contribution is 2.10. The molecule has 2 amide bonds. The first-order chi connectivity index (χ1) is 8.65. The molecule has 1 aliphatic heterocycles. The molecule has 2 N–H and O–H groups in total. The van der Waals surface area contributed by atoms with Gasteiger partial charge in [0.25, 0.3) is 5.91 Å². The molecule has 2 heterocycles. The number of rotatable bonds is 2. The molecule has 0 spiro atoms. The van der Waals surface area contributed by atoms with E-state index in [-0.39, 0.29) is 11.8 Å². The molecule has 1 aliphatic rings. The number of aryl methyl sites for hydroxylation is 1. The van der Waals surface area contributed by atoms with Gasteiger partial charge in [-0.25, -0.2) is 4.98 Å². The number of hydrogen-bond acceptors (Lipinski definition) is 4. The lowest BCUT2D eigenvalue weighted by Crippen LogP contribution is -2.59. The van der Waals surface area contributed by atoms with Crippen LogP contribution in [0, 0.1) is 0 Å². The van der Waals surface area contributed by atoms with Gasteiger partial charge in [-0.2, -0.15) is 0 Å². The van der Waals surface area contributed by atoms with Crippen LogP contribution in [0.4, 0.5) is 0 Å². The summed E-state index contributed by atoms with van der Waals surface area (Å²) >= 11 is 0. The third-order valence-electron chi connectivity index (χ3n) is 3.09. The van der Waals surface area contributed by atoms with E-state index in [1.807, 2.05) is 0 Å². The number of nitrogens with zero attached hydrogens (tertiary/aromatic N) is 3. The van der Waals surface area contributed by atoms with Crippen molar-refractivity contribution in [2.24, 2.45) is 7.05 Å². The van der Waals surface area contributed by atoms with Crippen LogP contribution in [-0.4, -0.2) is 59.0 Å². The van der Waals surface area contributed by atoms with E-state index >= 15 is 0 Å². The Balaban J connectivity index is 2.21. The molecule has 98 valence electrons. The number of likely N-dealkylation sites (N-methyl/N-ethyl adjacent to an activating group) is 1. The fraction of sp³-hybridized carbons (Fsp3) is 0.545. The molecule has 2 rings (SSSR count). The Kier molecular flexibility index (Phi) is 3.61. The van der Waals surface area contributed by atoms with Crippen molar-refractivity contribution in [2.45, 2.75) is 6.04 Å². The van der Waals surface area contributed by atoms with E-state index in [0.29, 0.717) is 25.3 Å². The van der Waals surface area contributed by atoms with Crippen molar-refractivity contribution in [3.8, 4) is 0 Å². The summed E-state index contributed by atoms with van der Waals surface area (Å²) < 4.78 is 1.66. The van der Waals surface area contributed by atoms with Gasteiger partial charge in [0.1, 0.15) is 11.7 Å². The summed E-state index contributed by atoms with van der Waals surface area (Å²) in [6.45, 7) is 1.68. The van der Waals surface area contributed by atoms with E-state index in [0.717, 1.165) is 0 Å². The Hall–Kier alpha value is -1.89. The van der Waals surface area contributed by atoms with Gasteiger partial charge >= 0.3 is 0 Å². The first kappa shape index (κ1) is 12.6. The zero-order chi connectivity index (χ0) is 13.1. The topological polar surface area (TPSA) is 79.3 Å². The van der Waals surface area contributed by atoms with Crippen LogP contribution < -0.4 is 10.6 Å². The maximum Gasteiger partial charge on any atom is 0.272 e. The summed E-state index contributed by atoms with van der Waals surface area (Å²) in [5.74, 6) is -0.317. The quantitative estimate of drug-likeness (QED) is 0.676. The van der Waals surface area contributed by atoms with Gasteiger partial charge in [0.15, 0.2) is 0 Å². The predicted molar refractivity (Wildman–Crippen MR) is 65.0 cm³/mol. The van der Waals surface area contributed by atoms with E-state index in [1.54, 1.807) is 29.9 Å². The second-order valence-electron chi connectivity index (χ2n) is 4.22. The molecular formula is C11H17N5O2. The normalized spacial score (nSPS) is 19.7. The van der Waals surface area contributed by atoms with E-state index in [9.17, 15) is 9.59 Å². The Morgan fingerprint density at radius 2 is 2.33 bits per heavy atom. The average molecular weight is 251 g/mol. The summed E-state index contributed by atoms with van der Waals surface area (Å²) in [7, 11) is 3.33. The number of nitrogens with one attached hydrogen (secondary N) is 2. The molecule has 1 aromatic heterocycles. The molecule has 1 aromatic rings. The second kappa shape index (κ2) is 5.18. The van der Waals surface area contributed by atoms with Crippen molar-refractivity contribution in [1.82, 2.24) is 25.1 Å². The summed E-state index contributed by atoms with van der Waals surface area (Å²) in [6.07, 6.45) is 3.09. The minimum Gasteiger partial charge on any atom is -0.357 e. The van der Waals surface area contributed by atoms with Crippen molar-refractivity contribution < 1.29 is 9.59 Å². The molecule has 0 saturated carbocycles. The highest BCUT2D eigenvalue weighted by Gasteiger charge is 2.32. The smallest absolute Gasteiger partial charge is 0.272 e. The van der Waals surface area contributed by atoms with Crippen molar-refractivity contribution in [3.05, 3.63) is 18.2 Å². The molecular weight excluding hydrogens is 234 g/mol. The Labute approximate surface area is 105 Å². The minimum absolute atomic E-state index is 0.155. The number of imidazole rings is 1. The molecule has 1 unspecified atom stereocenters. The molecule has 0 bridgehead atoms. The van der Waals surface area contributed by atoms with E-state index in [1.165, 1.54) is 6.20 Å². The fourth-order valence-corrected chi connectivity index (χ4v) is 2.06. The highest BCUT2D eigenvalue weighted by atomic mass is 16.2. The third kappa shape index (κ3) is 2.21. The van der Waals surface area contributed by atoms with Crippen LogP contribution in [0.5, 0.6) is 0 Å². The van der Waals surface area contributed by atoms with Gasteiger partial charge in [-0.05, 0) is 0 Å². The second-order valence-corrected chi connectivity index (χ2v) is 4.22. The molecule has 1 saturated heterocycles. The average Bonchev–Trinajstić information content (AvgIpc) is 2.83. The van der Waals surface area contributed by atoms with Crippen LogP contribution >= 0.6 is 0 Å². The highest BCUT2D eigenvalue weighted by molar-refractivity contribution is 5.96.